The molecule has 1 saturated heterocycles. The summed E-state index contributed by atoms with van der Waals surface area (Å²) in [7, 11) is -3.63. The van der Waals surface area contributed by atoms with Crippen LogP contribution >= 0.6 is 11.3 Å². The maximum Gasteiger partial charge on any atom is 0.247 e. The van der Waals surface area contributed by atoms with Crippen molar-refractivity contribution in [2.24, 2.45) is 0 Å². The molecule has 8 heteroatoms. The Balaban J connectivity index is 1.79. The summed E-state index contributed by atoms with van der Waals surface area (Å²) in [5.74, 6) is 0.443. The van der Waals surface area contributed by atoms with Gasteiger partial charge < -0.3 is 10.1 Å². The van der Waals surface area contributed by atoms with E-state index in [0.717, 1.165) is 23.7 Å². The molecule has 3 heterocycles. The lowest BCUT2D eigenvalue weighted by molar-refractivity contribution is 0.0694. The van der Waals surface area contributed by atoms with Crippen LogP contribution in [0.1, 0.15) is 17.1 Å². The zero-order valence-electron chi connectivity index (χ0n) is 13.4. The minimum absolute atomic E-state index is 0.237. The molecule has 1 aromatic heterocycles. The zero-order chi connectivity index (χ0) is 16.8. The monoisotopic (exact) mass is 365 g/mol. The molecule has 128 valence electrons. The van der Waals surface area contributed by atoms with E-state index in [9.17, 15) is 8.42 Å². The fraction of sp³-hybridized carbons (Fsp3) is 0.438. The minimum atomic E-state index is -3.63. The van der Waals surface area contributed by atoms with Gasteiger partial charge in [-0.1, -0.05) is 12.1 Å². The first-order valence-corrected chi connectivity index (χ1v) is 10.2. The van der Waals surface area contributed by atoms with E-state index < -0.39 is 15.6 Å². The van der Waals surface area contributed by atoms with Gasteiger partial charge in [0.15, 0.2) is 0 Å². The first-order valence-electron chi connectivity index (χ1n) is 7.89. The lowest BCUT2D eigenvalue weighted by Gasteiger charge is -2.30. The van der Waals surface area contributed by atoms with Crippen LogP contribution in [0.3, 0.4) is 0 Å². The molecule has 24 heavy (non-hydrogen) atoms. The Labute approximate surface area is 145 Å². The Morgan fingerprint density at radius 2 is 2.25 bits per heavy atom. The van der Waals surface area contributed by atoms with Crippen LogP contribution in [0.15, 0.2) is 34.5 Å². The van der Waals surface area contributed by atoms with Crippen molar-refractivity contribution in [2.45, 2.75) is 30.4 Å². The third-order valence-corrected chi connectivity index (χ3v) is 7.12. The van der Waals surface area contributed by atoms with Gasteiger partial charge in [-0.3, -0.25) is 0 Å². The first-order chi connectivity index (χ1) is 11.5. The molecule has 1 fully saturated rings. The second kappa shape index (κ2) is 5.80. The molecule has 1 spiro atoms. The van der Waals surface area contributed by atoms with E-state index in [0.29, 0.717) is 18.8 Å². The van der Waals surface area contributed by atoms with Crippen LogP contribution in [-0.2, 0) is 16.6 Å². The Hall–Kier alpha value is -1.48. The van der Waals surface area contributed by atoms with Gasteiger partial charge in [0.25, 0.3) is 0 Å². The average Bonchev–Trinajstić information content (AvgIpc) is 3.14. The Bertz CT molecular complexity index is 857. The number of benzene rings is 1. The van der Waals surface area contributed by atoms with Crippen molar-refractivity contribution in [3.8, 4) is 5.75 Å². The smallest absolute Gasteiger partial charge is 0.247 e. The molecular weight excluding hydrogens is 346 g/mol. The second-order valence-electron chi connectivity index (χ2n) is 6.29. The summed E-state index contributed by atoms with van der Waals surface area (Å²) >= 11 is 1.53. The Morgan fingerprint density at radius 1 is 1.42 bits per heavy atom. The van der Waals surface area contributed by atoms with Crippen molar-refractivity contribution >= 4 is 21.4 Å². The molecule has 0 amide bonds. The van der Waals surface area contributed by atoms with E-state index >= 15 is 0 Å². The zero-order valence-corrected chi connectivity index (χ0v) is 15.0. The van der Waals surface area contributed by atoms with Gasteiger partial charge in [0.2, 0.25) is 10.0 Å². The second-order valence-corrected chi connectivity index (χ2v) is 9.26. The predicted molar refractivity (Wildman–Crippen MR) is 91.7 cm³/mol. The third kappa shape index (κ3) is 2.73. The molecule has 2 aliphatic heterocycles. The van der Waals surface area contributed by atoms with Crippen molar-refractivity contribution in [1.29, 1.82) is 0 Å². The van der Waals surface area contributed by atoms with E-state index in [1.807, 2.05) is 18.4 Å². The molecule has 1 aromatic carbocycles. The fourth-order valence-electron chi connectivity index (χ4n) is 3.30. The summed E-state index contributed by atoms with van der Waals surface area (Å²) in [5.41, 5.74) is 0.256. The molecule has 6 nitrogen and oxygen atoms in total. The molecular formula is C16H19N3O3S2. The molecule has 2 aromatic rings. The summed E-state index contributed by atoms with van der Waals surface area (Å²) in [4.78, 5) is 4.66. The number of aromatic nitrogens is 1. The van der Waals surface area contributed by atoms with Crippen LogP contribution in [0.4, 0.5) is 0 Å². The van der Waals surface area contributed by atoms with Crippen LogP contribution in [0.2, 0.25) is 0 Å². The lowest BCUT2D eigenvalue weighted by atomic mass is 10.0. The SMILES string of the molecule is Cc1nc(CN2C[C@@]3(CCNC3)Oc3ccccc3S2(=O)=O)cs1. The van der Waals surface area contributed by atoms with Crippen LogP contribution in [-0.4, -0.2) is 42.9 Å². The van der Waals surface area contributed by atoms with E-state index in [1.54, 1.807) is 18.2 Å². The number of aryl methyl sites for hydroxylation is 1. The number of fused-ring (bicyclic) bond motifs is 1. The van der Waals surface area contributed by atoms with Gasteiger partial charge in [-0.2, -0.15) is 4.31 Å². The summed E-state index contributed by atoms with van der Waals surface area (Å²) in [6, 6.07) is 6.90. The molecule has 0 aliphatic carbocycles. The van der Waals surface area contributed by atoms with Gasteiger partial charge in [0.1, 0.15) is 16.2 Å². The van der Waals surface area contributed by atoms with Crippen molar-refractivity contribution in [3.05, 3.63) is 40.3 Å². The van der Waals surface area contributed by atoms with Gasteiger partial charge in [0.05, 0.1) is 23.8 Å². The Morgan fingerprint density at radius 3 is 2.96 bits per heavy atom. The first kappa shape index (κ1) is 16.0. The number of para-hydroxylation sites is 1. The van der Waals surface area contributed by atoms with Crippen molar-refractivity contribution < 1.29 is 13.2 Å². The number of hydrogen-bond acceptors (Lipinski definition) is 6. The van der Waals surface area contributed by atoms with Crippen molar-refractivity contribution in [2.75, 3.05) is 19.6 Å². The minimum Gasteiger partial charge on any atom is -0.483 e. The van der Waals surface area contributed by atoms with Crippen LogP contribution < -0.4 is 10.1 Å². The van der Waals surface area contributed by atoms with Gasteiger partial charge in [-0.25, -0.2) is 13.4 Å². The van der Waals surface area contributed by atoms with E-state index in [1.165, 1.54) is 15.6 Å². The average molecular weight is 365 g/mol. The number of rotatable bonds is 2. The van der Waals surface area contributed by atoms with Crippen molar-refractivity contribution in [3.63, 3.8) is 0 Å². The highest BCUT2D eigenvalue weighted by atomic mass is 32.2. The molecule has 4 rings (SSSR count). The van der Waals surface area contributed by atoms with Gasteiger partial charge in [-0.15, -0.1) is 11.3 Å². The molecule has 1 atom stereocenters. The quantitative estimate of drug-likeness (QED) is 0.878. The molecule has 0 bridgehead atoms. The Kier molecular flexibility index (Phi) is 3.87. The van der Waals surface area contributed by atoms with Crippen LogP contribution in [0, 0.1) is 6.92 Å². The van der Waals surface area contributed by atoms with Crippen molar-refractivity contribution in [1.82, 2.24) is 14.6 Å². The lowest BCUT2D eigenvalue weighted by Crippen LogP contribution is -2.48. The number of hydrogen-bond donors (Lipinski definition) is 1. The molecule has 2 aliphatic rings. The van der Waals surface area contributed by atoms with Crippen LogP contribution in [0.5, 0.6) is 5.75 Å². The van der Waals surface area contributed by atoms with Crippen LogP contribution in [0.25, 0.3) is 0 Å². The van der Waals surface area contributed by atoms with Gasteiger partial charge in [-0.05, 0) is 25.6 Å². The highest BCUT2D eigenvalue weighted by molar-refractivity contribution is 7.89. The number of ether oxygens (including phenoxy) is 1. The highest BCUT2D eigenvalue weighted by Gasteiger charge is 2.45. The van der Waals surface area contributed by atoms with Gasteiger partial charge >= 0.3 is 0 Å². The van der Waals surface area contributed by atoms with E-state index in [2.05, 4.69) is 10.3 Å². The molecule has 0 radical (unpaired) electrons. The largest absolute Gasteiger partial charge is 0.483 e. The molecule has 1 N–H and O–H groups in total. The number of sulfonamides is 1. The summed E-state index contributed by atoms with van der Waals surface area (Å²) in [5, 5.41) is 6.15. The summed E-state index contributed by atoms with van der Waals surface area (Å²) in [6.45, 7) is 3.99. The maximum atomic E-state index is 13.2. The molecule has 0 unspecified atom stereocenters. The van der Waals surface area contributed by atoms with E-state index in [-0.39, 0.29) is 11.4 Å². The normalized spacial score (nSPS) is 26.0. The van der Waals surface area contributed by atoms with E-state index in [4.69, 9.17) is 4.74 Å². The topological polar surface area (TPSA) is 71.5 Å². The maximum absolute atomic E-state index is 13.2. The third-order valence-electron chi connectivity index (χ3n) is 4.47. The number of nitrogens with zero attached hydrogens (tertiary/aromatic N) is 2. The van der Waals surface area contributed by atoms with Gasteiger partial charge in [0, 0.05) is 18.3 Å². The predicted octanol–water partition coefficient (Wildman–Crippen LogP) is 1.77. The number of thiazole rings is 1. The highest BCUT2D eigenvalue weighted by Crippen LogP contribution is 2.37. The number of nitrogens with one attached hydrogen (secondary N) is 1. The summed E-state index contributed by atoms with van der Waals surface area (Å²) in [6.07, 6.45) is 0.781. The molecule has 0 saturated carbocycles. The standard InChI is InChI=1S/C16H19N3O3S2/c1-12-18-13(9-23-12)8-19-11-16(6-7-17-10-16)22-14-4-2-3-5-15(14)24(19,20)21/h2-5,9,17H,6-8,10-11H2,1H3/t16-/m0/s1. The fourth-order valence-corrected chi connectivity index (χ4v) is 5.51. The summed E-state index contributed by atoms with van der Waals surface area (Å²) < 4.78 is 34.1.